The Hall–Kier alpha value is -4.05. The van der Waals surface area contributed by atoms with Crippen LogP contribution in [-0.4, -0.2) is 75.6 Å². The van der Waals surface area contributed by atoms with Crippen LogP contribution in [0.3, 0.4) is 0 Å². The molecule has 212 valence electrons. The van der Waals surface area contributed by atoms with Crippen molar-refractivity contribution in [1.82, 2.24) is 25.2 Å². The van der Waals surface area contributed by atoms with Crippen molar-refractivity contribution in [1.29, 1.82) is 0 Å². The monoisotopic (exact) mass is 545 g/mol. The highest BCUT2D eigenvalue weighted by atomic mass is 16.4. The number of unbranched alkanes of at least 4 members (excludes halogenated alkanes) is 1. The summed E-state index contributed by atoms with van der Waals surface area (Å²) < 4.78 is 0. The minimum atomic E-state index is -0.942. The zero-order valence-electron chi connectivity index (χ0n) is 23.1. The molecular weight excluding hydrogens is 506 g/mol. The van der Waals surface area contributed by atoms with Crippen molar-refractivity contribution >= 4 is 23.5 Å². The number of amides is 1. The number of rotatable bonds is 15. The molecule has 4 rings (SSSR count). The number of carboxylic acids is 1. The van der Waals surface area contributed by atoms with Gasteiger partial charge < -0.3 is 26.0 Å². The molecule has 0 saturated carbocycles. The van der Waals surface area contributed by atoms with Crippen LogP contribution in [0, 0.1) is 0 Å². The molecule has 1 unspecified atom stereocenters. The normalized spacial score (nSPS) is 13.2. The molecule has 1 atom stereocenters. The van der Waals surface area contributed by atoms with Gasteiger partial charge in [0.05, 0.1) is 18.1 Å². The summed E-state index contributed by atoms with van der Waals surface area (Å²) in [6.45, 7) is 5.02. The lowest BCUT2D eigenvalue weighted by atomic mass is 10.1. The molecule has 10 nitrogen and oxygen atoms in total. The number of aryl methyl sites for hydroxylation is 2. The quantitative estimate of drug-likeness (QED) is 0.211. The molecule has 0 radical (unpaired) electrons. The highest BCUT2D eigenvalue weighted by Crippen LogP contribution is 2.20. The first-order valence-electron chi connectivity index (χ1n) is 14.0. The molecule has 0 aliphatic carbocycles. The first-order chi connectivity index (χ1) is 19.5. The zero-order valence-corrected chi connectivity index (χ0v) is 23.1. The molecule has 10 heteroatoms. The predicted molar refractivity (Wildman–Crippen MR) is 156 cm³/mol. The van der Waals surface area contributed by atoms with Crippen molar-refractivity contribution in [2.24, 2.45) is 0 Å². The number of hydrogen-bond acceptors (Lipinski definition) is 8. The van der Waals surface area contributed by atoms with E-state index in [9.17, 15) is 14.7 Å². The number of aliphatic carboxylic acids is 1. The van der Waals surface area contributed by atoms with Gasteiger partial charge in [0.15, 0.2) is 0 Å². The number of pyridine rings is 1. The van der Waals surface area contributed by atoms with E-state index in [1.54, 1.807) is 12.4 Å². The second kappa shape index (κ2) is 14.9. The molecule has 0 bridgehead atoms. The molecule has 1 aromatic carbocycles. The third-order valence-electron chi connectivity index (χ3n) is 6.99. The van der Waals surface area contributed by atoms with Crippen LogP contribution in [0.1, 0.15) is 43.9 Å². The van der Waals surface area contributed by atoms with Gasteiger partial charge in [0.2, 0.25) is 5.91 Å². The summed E-state index contributed by atoms with van der Waals surface area (Å²) in [4.78, 5) is 39.2. The number of nitrogens with one attached hydrogen (secondary N) is 3. The van der Waals surface area contributed by atoms with Gasteiger partial charge in [-0.15, -0.1) is 0 Å². The highest BCUT2D eigenvalue weighted by molar-refractivity contribution is 5.76. The van der Waals surface area contributed by atoms with Gasteiger partial charge in [-0.2, -0.15) is 0 Å². The first kappa shape index (κ1) is 28.9. The van der Waals surface area contributed by atoms with E-state index in [0.29, 0.717) is 31.9 Å². The molecule has 0 fully saturated rings. The van der Waals surface area contributed by atoms with Gasteiger partial charge in [0.1, 0.15) is 17.7 Å². The van der Waals surface area contributed by atoms with E-state index in [2.05, 4.69) is 43.0 Å². The molecule has 4 N–H and O–H groups in total. The van der Waals surface area contributed by atoms with Gasteiger partial charge in [-0.05, 0) is 56.7 Å². The Bertz CT molecular complexity index is 1240. The van der Waals surface area contributed by atoms with E-state index < -0.39 is 12.0 Å². The number of benzene rings is 1. The Kier molecular flexibility index (Phi) is 10.8. The summed E-state index contributed by atoms with van der Waals surface area (Å²) in [5, 5.41) is 19.1. The highest BCUT2D eigenvalue weighted by Gasteiger charge is 2.20. The van der Waals surface area contributed by atoms with Crippen molar-refractivity contribution < 1.29 is 14.7 Å². The fraction of sp³-hybridized carbons (Fsp3) is 0.433. The van der Waals surface area contributed by atoms with Crippen LogP contribution in [0.15, 0.2) is 54.9 Å². The van der Waals surface area contributed by atoms with Gasteiger partial charge in [0.25, 0.3) is 0 Å². The van der Waals surface area contributed by atoms with Crippen molar-refractivity contribution in [3.8, 4) is 11.3 Å². The summed E-state index contributed by atoms with van der Waals surface area (Å²) in [7, 11) is 0. The first-order valence-corrected chi connectivity index (χ1v) is 14.0. The summed E-state index contributed by atoms with van der Waals surface area (Å²) in [6, 6.07) is 13.2. The third kappa shape index (κ3) is 9.01. The maximum Gasteiger partial charge on any atom is 0.326 e. The van der Waals surface area contributed by atoms with Crippen LogP contribution >= 0.6 is 0 Å². The Morgan fingerprint density at radius 2 is 1.90 bits per heavy atom. The summed E-state index contributed by atoms with van der Waals surface area (Å²) in [5.74, 6) is 0.425. The Morgan fingerprint density at radius 1 is 1.05 bits per heavy atom. The van der Waals surface area contributed by atoms with E-state index in [-0.39, 0.29) is 5.91 Å². The maximum atomic E-state index is 12.0. The standard InChI is InChI=1S/C30H39N7O3/c1-22(38)31-16-19-37(17-6-5-11-25-13-12-24-10-7-15-32-29(24)35-25)18-14-26(30(39)40)36-28-21-33-27(20-34-28)23-8-3-2-4-9-23/h2-4,8-9,12-13,20-21,26H,5-7,10-11,14-19H2,1H3,(H,31,38)(H,32,35)(H,34,36)(H,39,40). The van der Waals surface area contributed by atoms with Crippen LogP contribution in [0.25, 0.3) is 11.3 Å². The predicted octanol–water partition coefficient (Wildman–Crippen LogP) is 3.61. The number of carbonyl (C=O) groups excluding carboxylic acids is 1. The zero-order chi connectivity index (χ0) is 28.2. The Morgan fingerprint density at radius 3 is 2.65 bits per heavy atom. The topological polar surface area (TPSA) is 132 Å². The van der Waals surface area contributed by atoms with Crippen molar-refractivity contribution in [2.75, 3.05) is 43.4 Å². The van der Waals surface area contributed by atoms with E-state index in [1.165, 1.54) is 12.5 Å². The third-order valence-corrected chi connectivity index (χ3v) is 6.99. The number of aromatic nitrogens is 3. The van der Waals surface area contributed by atoms with Gasteiger partial charge >= 0.3 is 5.97 Å². The van der Waals surface area contributed by atoms with Crippen LogP contribution in [0.4, 0.5) is 11.6 Å². The van der Waals surface area contributed by atoms with Gasteiger partial charge in [-0.25, -0.2) is 14.8 Å². The Balaban J connectivity index is 1.28. The van der Waals surface area contributed by atoms with Crippen molar-refractivity contribution in [3.63, 3.8) is 0 Å². The van der Waals surface area contributed by atoms with Gasteiger partial charge in [-0.1, -0.05) is 36.4 Å². The smallest absolute Gasteiger partial charge is 0.326 e. The van der Waals surface area contributed by atoms with E-state index in [1.807, 2.05) is 30.3 Å². The molecule has 1 amide bonds. The Labute approximate surface area is 235 Å². The van der Waals surface area contributed by atoms with Gasteiger partial charge in [-0.3, -0.25) is 9.78 Å². The maximum absolute atomic E-state index is 12.0. The number of carbonyl (C=O) groups is 2. The number of carboxylic acid groups (broad SMARTS) is 1. The summed E-state index contributed by atoms with van der Waals surface area (Å²) in [6.07, 6.45) is 8.64. The number of anilines is 2. The van der Waals surface area contributed by atoms with Crippen LogP contribution in [0.2, 0.25) is 0 Å². The van der Waals surface area contributed by atoms with Crippen LogP contribution in [-0.2, 0) is 22.4 Å². The fourth-order valence-corrected chi connectivity index (χ4v) is 4.78. The minimum absolute atomic E-state index is 0.0744. The average Bonchev–Trinajstić information content (AvgIpc) is 2.97. The second-order valence-electron chi connectivity index (χ2n) is 10.1. The SMILES string of the molecule is CC(=O)NCCN(CCCCc1ccc2c(n1)NCCC2)CCC(Nc1cnc(-c2ccccc2)cn1)C(=O)O. The molecule has 1 aliphatic heterocycles. The minimum Gasteiger partial charge on any atom is -0.480 e. The summed E-state index contributed by atoms with van der Waals surface area (Å²) >= 11 is 0. The van der Waals surface area contributed by atoms with Crippen LogP contribution in [0.5, 0.6) is 0 Å². The number of fused-ring (bicyclic) bond motifs is 1. The molecular formula is C30H39N7O3. The molecule has 3 heterocycles. The van der Waals surface area contributed by atoms with Crippen LogP contribution < -0.4 is 16.0 Å². The molecule has 0 saturated heterocycles. The lowest BCUT2D eigenvalue weighted by Gasteiger charge is -2.24. The van der Waals surface area contributed by atoms with Crippen molar-refractivity contribution in [3.05, 3.63) is 66.1 Å². The van der Waals surface area contributed by atoms with E-state index >= 15 is 0 Å². The second-order valence-corrected chi connectivity index (χ2v) is 10.1. The fourth-order valence-electron chi connectivity index (χ4n) is 4.78. The molecule has 3 aromatic rings. The van der Waals surface area contributed by atoms with E-state index in [4.69, 9.17) is 4.98 Å². The molecule has 2 aromatic heterocycles. The molecule has 0 spiro atoms. The van der Waals surface area contributed by atoms with Gasteiger partial charge in [0, 0.05) is 44.4 Å². The molecule has 40 heavy (non-hydrogen) atoms. The summed E-state index contributed by atoms with van der Waals surface area (Å²) in [5.41, 5.74) is 4.06. The lowest BCUT2D eigenvalue weighted by Crippen LogP contribution is -2.39. The van der Waals surface area contributed by atoms with Crippen molar-refractivity contribution in [2.45, 2.75) is 51.5 Å². The lowest BCUT2D eigenvalue weighted by molar-refractivity contribution is -0.138. The number of hydrogen-bond donors (Lipinski definition) is 4. The largest absolute Gasteiger partial charge is 0.480 e. The van der Waals surface area contributed by atoms with E-state index in [0.717, 1.165) is 68.0 Å². The average molecular weight is 546 g/mol. The molecule has 1 aliphatic rings. The number of nitrogens with zero attached hydrogens (tertiary/aromatic N) is 4.